The molecular weight excluding hydrogens is 310 g/mol. The normalized spacial score (nSPS) is 11.0. The van der Waals surface area contributed by atoms with E-state index in [0.717, 1.165) is 0 Å². The molecule has 0 aromatic heterocycles. The zero-order chi connectivity index (χ0) is 17.5. The maximum absolute atomic E-state index is 12.4. The summed E-state index contributed by atoms with van der Waals surface area (Å²) in [6.07, 6.45) is 0.126. The highest BCUT2D eigenvalue weighted by atomic mass is 16.5. The number of nitrogens with zero attached hydrogens (tertiary/aromatic N) is 1. The van der Waals surface area contributed by atoms with Gasteiger partial charge in [0.1, 0.15) is 5.71 Å². The van der Waals surface area contributed by atoms with E-state index in [2.05, 4.69) is 5.16 Å². The molecular formula is C18H19NO5. The zero-order valence-electron chi connectivity index (χ0n) is 13.8. The second-order valence-corrected chi connectivity index (χ2v) is 4.95. The van der Waals surface area contributed by atoms with Gasteiger partial charge in [-0.15, -0.1) is 0 Å². The van der Waals surface area contributed by atoms with E-state index in [1.54, 1.807) is 36.4 Å². The third-order valence-corrected chi connectivity index (χ3v) is 3.51. The van der Waals surface area contributed by atoms with Crippen LogP contribution in [0.4, 0.5) is 0 Å². The zero-order valence-corrected chi connectivity index (χ0v) is 13.8. The Hall–Kier alpha value is -3.02. The molecule has 6 nitrogen and oxygen atoms in total. The number of rotatable bonds is 7. The predicted molar refractivity (Wildman–Crippen MR) is 89.8 cm³/mol. The Balaban J connectivity index is 2.33. The molecule has 0 heterocycles. The summed E-state index contributed by atoms with van der Waals surface area (Å²) in [5, 5.41) is 12.4. The molecule has 0 bridgehead atoms. The Morgan fingerprint density at radius 1 is 1.00 bits per heavy atom. The standard InChI is InChI=1S/C18H19NO5/c1-22-15-10-12(11-16(23-2)18(15)24-3)9-14(19-21)17(20)13-7-5-4-6-8-13/h4-8,10-11,21H,9H2,1-3H3. The summed E-state index contributed by atoms with van der Waals surface area (Å²) in [6, 6.07) is 12.1. The molecule has 0 amide bonds. The minimum atomic E-state index is -0.341. The predicted octanol–water partition coefficient (Wildman–Crippen LogP) is 2.97. The SMILES string of the molecule is COc1cc(CC(=NO)C(=O)c2ccccc2)cc(OC)c1OC. The van der Waals surface area contributed by atoms with Gasteiger partial charge in [0.25, 0.3) is 0 Å². The van der Waals surface area contributed by atoms with Gasteiger partial charge in [0.05, 0.1) is 21.3 Å². The van der Waals surface area contributed by atoms with Crippen molar-refractivity contribution < 1.29 is 24.2 Å². The van der Waals surface area contributed by atoms with Gasteiger partial charge in [0.2, 0.25) is 11.5 Å². The van der Waals surface area contributed by atoms with Crippen molar-refractivity contribution in [2.45, 2.75) is 6.42 Å². The first-order chi connectivity index (χ1) is 11.6. The van der Waals surface area contributed by atoms with E-state index in [-0.39, 0.29) is 17.9 Å². The van der Waals surface area contributed by atoms with Gasteiger partial charge in [-0.25, -0.2) is 0 Å². The molecule has 6 heteroatoms. The molecule has 2 aromatic rings. The molecule has 0 spiro atoms. The van der Waals surface area contributed by atoms with Crippen LogP contribution < -0.4 is 14.2 Å². The molecule has 0 saturated carbocycles. The Labute approximate surface area is 140 Å². The lowest BCUT2D eigenvalue weighted by molar-refractivity contribution is 0.106. The number of benzene rings is 2. The molecule has 0 atom stereocenters. The lowest BCUT2D eigenvalue weighted by Gasteiger charge is -2.14. The molecule has 126 valence electrons. The van der Waals surface area contributed by atoms with Crippen LogP contribution in [0.3, 0.4) is 0 Å². The van der Waals surface area contributed by atoms with Crippen LogP contribution in [-0.4, -0.2) is 38.0 Å². The number of oxime groups is 1. The molecule has 0 fully saturated rings. The van der Waals surface area contributed by atoms with E-state index >= 15 is 0 Å². The van der Waals surface area contributed by atoms with Crippen molar-refractivity contribution in [1.82, 2.24) is 0 Å². The monoisotopic (exact) mass is 329 g/mol. The average Bonchev–Trinajstić information content (AvgIpc) is 2.65. The van der Waals surface area contributed by atoms with Crippen molar-refractivity contribution in [1.29, 1.82) is 0 Å². The van der Waals surface area contributed by atoms with Crippen molar-refractivity contribution in [3.63, 3.8) is 0 Å². The third-order valence-electron chi connectivity index (χ3n) is 3.51. The van der Waals surface area contributed by atoms with Gasteiger partial charge in [-0.05, 0) is 17.7 Å². The van der Waals surface area contributed by atoms with Gasteiger partial charge >= 0.3 is 0 Å². The van der Waals surface area contributed by atoms with E-state index < -0.39 is 0 Å². The highest BCUT2D eigenvalue weighted by Gasteiger charge is 2.18. The van der Waals surface area contributed by atoms with Gasteiger partial charge in [0.15, 0.2) is 11.5 Å². The Bertz CT molecular complexity index is 715. The number of ether oxygens (including phenoxy) is 3. The molecule has 0 aliphatic carbocycles. The van der Waals surface area contributed by atoms with Gasteiger partial charge in [0, 0.05) is 12.0 Å². The van der Waals surface area contributed by atoms with Gasteiger partial charge in [-0.1, -0.05) is 35.5 Å². The smallest absolute Gasteiger partial charge is 0.210 e. The second-order valence-electron chi connectivity index (χ2n) is 4.95. The fourth-order valence-electron chi connectivity index (χ4n) is 2.35. The minimum Gasteiger partial charge on any atom is -0.493 e. The molecule has 2 aromatic carbocycles. The molecule has 0 saturated heterocycles. The fraction of sp³-hybridized carbons (Fsp3) is 0.222. The third kappa shape index (κ3) is 3.65. The highest BCUT2D eigenvalue weighted by molar-refractivity contribution is 6.46. The first-order valence-corrected chi connectivity index (χ1v) is 7.24. The molecule has 0 radical (unpaired) electrons. The number of hydrogen-bond donors (Lipinski definition) is 1. The van der Waals surface area contributed by atoms with Crippen molar-refractivity contribution in [3.8, 4) is 17.2 Å². The topological polar surface area (TPSA) is 77.4 Å². The summed E-state index contributed by atoms with van der Waals surface area (Å²) in [5.74, 6) is 1.06. The van der Waals surface area contributed by atoms with Crippen LogP contribution in [0.15, 0.2) is 47.6 Å². The maximum Gasteiger partial charge on any atom is 0.210 e. The quantitative estimate of drug-likeness (QED) is 0.366. The van der Waals surface area contributed by atoms with E-state index in [1.807, 2.05) is 6.07 Å². The first-order valence-electron chi connectivity index (χ1n) is 7.24. The molecule has 0 aliphatic heterocycles. The van der Waals surface area contributed by atoms with E-state index in [9.17, 15) is 10.0 Å². The number of methoxy groups -OCH3 is 3. The van der Waals surface area contributed by atoms with Gasteiger partial charge in [-0.3, -0.25) is 4.79 Å². The second kappa shape index (κ2) is 8.01. The molecule has 2 rings (SSSR count). The van der Waals surface area contributed by atoms with Crippen LogP contribution in [0.25, 0.3) is 0 Å². The van der Waals surface area contributed by atoms with Crippen LogP contribution in [-0.2, 0) is 6.42 Å². The number of ketones is 1. The summed E-state index contributed by atoms with van der Waals surface area (Å²) in [4.78, 5) is 12.4. The number of hydrogen-bond acceptors (Lipinski definition) is 6. The number of carbonyl (C=O) groups excluding carboxylic acids is 1. The summed E-state index contributed by atoms with van der Waals surface area (Å²) in [7, 11) is 4.54. The van der Waals surface area contributed by atoms with E-state index in [1.165, 1.54) is 21.3 Å². The summed E-state index contributed by atoms with van der Waals surface area (Å²) >= 11 is 0. The number of Topliss-reactive ketones (excluding diaryl/α,β-unsaturated/α-hetero) is 1. The fourth-order valence-corrected chi connectivity index (χ4v) is 2.35. The Morgan fingerprint density at radius 3 is 2.04 bits per heavy atom. The highest BCUT2D eigenvalue weighted by Crippen LogP contribution is 2.38. The van der Waals surface area contributed by atoms with Crippen molar-refractivity contribution in [2.24, 2.45) is 5.16 Å². The Kier molecular flexibility index (Phi) is 5.78. The first kappa shape index (κ1) is 17.3. The van der Waals surface area contributed by atoms with E-state index in [4.69, 9.17) is 14.2 Å². The van der Waals surface area contributed by atoms with Gasteiger partial charge in [-0.2, -0.15) is 0 Å². The largest absolute Gasteiger partial charge is 0.493 e. The lowest BCUT2D eigenvalue weighted by Crippen LogP contribution is -2.17. The Morgan fingerprint density at radius 2 is 1.58 bits per heavy atom. The maximum atomic E-state index is 12.4. The number of carbonyl (C=O) groups is 1. The summed E-state index contributed by atoms with van der Waals surface area (Å²) < 4.78 is 15.8. The van der Waals surface area contributed by atoms with Crippen LogP contribution >= 0.6 is 0 Å². The van der Waals surface area contributed by atoms with Crippen LogP contribution in [0.2, 0.25) is 0 Å². The molecule has 0 aliphatic rings. The van der Waals surface area contributed by atoms with Crippen LogP contribution in [0.5, 0.6) is 17.2 Å². The van der Waals surface area contributed by atoms with Crippen molar-refractivity contribution >= 4 is 11.5 Å². The molecule has 1 N–H and O–H groups in total. The molecule has 0 unspecified atom stereocenters. The van der Waals surface area contributed by atoms with Gasteiger partial charge < -0.3 is 19.4 Å². The lowest BCUT2D eigenvalue weighted by atomic mass is 10.00. The average molecular weight is 329 g/mol. The molecule has 24 heavy (non-hydrogen) atoms. The summed E-state index contributed by atoms with van der Waals surface area (Å²) in [6.45, 7) is 0. The van der Waals surface area contributed by atoms with Crippen LogP contribution in [0, 0.1) is 0 Å². The van der Waals surface area contributed by atoms with Crippen molar-refractivity contribution in [3.05, 3.63) is 53.6 Å². The minimum absolute atomic E-state index is 0.0236. The van der Waals surface area contributed by atoms with Crippen LogP contribution in [0.1, 0.15) is 15.9 Å². The van der Waals surface area contributed by atoms with E-state index in [0.29, 0.717) is 28.4 Å². The van der Waals surface area contributed by atoms with Crippen molar-refractivity contribution in [2.75, 3.05) is 21.3 Å². The summed E-state index contributed by atoms with van der Waals surface area (Å²) in [5.41, 5.74) is 1.18.